The average molecular weight is 509 g/mol. The molecule has 0 spiro atoms. The number of H-pyrrole nitrogens is 1. The quantitative estimate of drug-likeness (QED) is 0.143. The summed E-state index contributed by atoms with van der Waals surface area (Å²) in [6, 6.07) is 6.01. The lowest BCUT2D eigenvalue weighted by molar-refractivity contribution is 0.467. The van der Waals surface area contributed by atoms with Crippen molar-refractivity contribution in [2.24, 2.45) is 16.1 Å². The van der Waals surface area contributed by atoms with Gasteiger partial charge >= 0.3 is 0 Å². The van der Waals surface area contributed by atoms with Crippen LogP contribution in [0.15, 0.2) is 51.9 Å². The smallest absolute Gasteiger partial charge is 0.165 e. The highest BCUT2D eigenvalue weighted by Crippen LogP contribution is 2.46. The number of allylic oxidation sites excluding steroid dienone is 3. The zero-order valence-electron chi connectivity index (χ0n) is 23.4. The van der Waals surface area contributed by atoms with Gasteiger partial charge in [-0.3, -0.25) is 5.10 Å². The zero-order valence-corrected chi connectivity index (χ0v) is 23.4. The molecule has 0 amide bonds. The first-order chi connectivity index (χ1) is 17.8. The number of hydrogen-bond donors (Lipinski definition) is 2. The van der Waals surface area contributed by atoms with Gasteiger partial charge < -0.3 is 5.73 Å². The van der Waals surface area contributed by atoms with Crippen LogP contribution in [0.1, 0.15) is 108 Å². The Morgan fingerprint density at radius 3 is 2.46 bits per heavy atom. The summed E-state index contributed by atoms with van der Waals surface area (Å²) in [5, 5.41) is 14.1. The van der Waals surface area contributed by atoms with E-state index in [4.69, 9.17) is 15.8 Å². The summed E-state index contributed by atoms with van der Waals surface area (Å²) in [7, 11) is 0. The van der Waals surface area contributed by atoms with Gasteiger partial charge in [-0.2, -0.15) is 14.9 Å². The number of nitrogens with zero attached hydrogens (tertiary/aromatic N) is 4. The Balaban J connectivity index is 3.06. The Morgan fingerprint density at radius 2 is 1.92 bits per heavy atom. The van der Waals surface area contributed by atoms with Gasteiger partial charge in [0.2, 0.25) is 0 Å². The van der Waals surface area contributed by atoms with Gasteiger partial charge in [0.25, 0.3) is 0 Å². The Morgan fingerprint density at radius 1 is 1.16 bits per heavy atom. The number of aromatic amines is 1. The summed E-state index contributed by atoms with van der Waals surface area (Å²) in [6.45, 7) is 13.0. The van der Waals surface area contributed by atoms with Crippen molar-refractivity contribution in [2.75, 3.05) is 6.54 Å². The summed E-state index contributed by atoms with van der Waals surface area (Å²) in [4.78, 5) is 26.9. The van der Waals surface area contributed by atoms with Gasteiger partial charge in [0.15, 0.2) is 5.82 Å². The molecule has 0 radical (unpaired) electrons. The number of rotatable bonds is 16. The fourth-order valence-electron chi connectivity index (χ4n) is 5.13. The van der Waals surface area contributed by atoms with Crippen molar-refractivity contribution in [1.29, 1.82) is 0 Å². The molecule has 1 unspecified atom stereocenters. The molecule has 8 heteroatoms. The Bertz CT molecular complexity index is 1090. The van der Waals surface area contributed by atoms with E-state index in [0.717, 1.165) is 53.8 Å². The molecule has 8 nitrogen and oxygen atoms in total. The molecule has 1 heterocycles. The first-order valence-corrected chi connectivity index (χ1v) is 13.6. The molecule has 0 fully saturated rings. The van der Waals surface area contributed by atoms with Crippen LogP contribution in [-0.2, 0) is 18.4 Å². The van der Waals surface area contributed by atoms with Gasteiger partial charge in [-0.15, -0.1) is 0 Å². The second-order valence-corrected chi connectivity index (χ2v) is 10.1. The van der Waals surface area contributed by atoms with E-state index in [1.807, 2.05) is 19.1 Å². The van der Waals surface area contributed by atoms with E-state index < -0.39 is 5.41 Å². The third-order valence-corrected chi connectivity index (χ3v) is 6.81. The molecule has 0 saturated carbocycles. The maximum absolute atomic E-state index is 11.0. The fourth-order valence-corrected chi connectivity index (χ4v) is 5.13. The molecule has 1 aromatic carbocycles. The van der Waals surface area contributed by atoms with Crippen LogP contribution >= 0.6 is 0 Å². The van der Waals surface area contributed by atoms with Gasteiger partial charge in [-0.25, -0.2) is 4.98 Å². The molecule has 2 rings (SSSR count). The first-order valence-electron chi connectivity index (χ1n) is 13.6. The fraction of sp³-hybridized carbons (Fsp3) is 0.586. The SMILES string of the molecule is CCC/C(CC)=C(/C=C\CCN=O)C(C[C@@H](C)N)(c1n[nH]c(C(C)C)n1)c1ccc(CN=O)cc1CC. The van der Waals surface area contributed by atoms with Crippen LogP contribution in [0.4, 0.5) is 0 Å². The molecule has 0 aliphatic rings. The molecule has 0 aliphatic heterocycles. The van der Waals surface area contributed by atoms with Crippen molar-refractivity contribution >= 4 is 0 Å². The van der Waals surface area contributed by atoms with E-state index in [1.54, 1.807) is 0 Å². The number of aromatic nitrogens is 3. The number of benzene rings is 1. The number of aryl methyl sites for hydroxylation is 1. The van der Waals surface area contributed by atoms with E-state index in [2.05, 4.69) is 68.3 Å². The predicted octanol–water partition coefficient (Wildman–Crippen LogP) is 7.00. The summed E-state index contributed by atoms with van der Waals surface area (Å²) in [5.41, 5.74) is 11.4. The minimum absolute atomic E-state index is 0.128. The van der Waals surface area contributed by atoms with E-state index in [1.165, 1.54) is 5.57 Å². The van der Waals surface area contributed by atoms with Crippen molar-refractivity contribution in [1.82, 2.24) is 15.2 Å². The molecule has 37 heavy (non-hydrogen) atoms. The maximum atomic E-state index is 11.0. The second kappa shape index (κ2) is 14.7. The highest BCUT2D eigenvalue weighted by Gasteiger charge is 2.44. The molecule has 0 saturated heterocycles. The summed E-state index contributed by atoms with van der Waals surface area (Å²) >= 11 is 0. The van der Waals surface area contributed by atoms with Gasteiger partial charge in [0.05, 0.1) is 12.0 Å². The zero-order chi connectivity index (χ0) is 27.4. The number of hydrogen-bond acceptors (Lipinski definition) is 7. The van der Waals surface area contributed by atoms with Crippen LogP contribution < -0.4 is 5.73 Å². The van der Waals surface area contributed by atoms with Crippen LogP contribution in [0.25, 0.3) is 0 Å². The molecular formula is C29H44N6O2. The minimum Gasteiger partial charge on any atom is -0.328 e. The highest BCUT2D eigenvalue weighted by molar-refractivity contribution is 5.54. The molecular weight excluding hydrogens is 464 g/mol. The Hall–Kier alpha value is -3.00. The summed E-state index contributed by atoms with van der Waals surface area (Å²) < 4.78 is 0. The lowest BCUT2D eigenvalue weighted by Crippen LogP contribution is -2.39. The molecule has 2 aromatic rings. The normalized spacial score (nSPS) is 15.0. The maximum Gasteiger partial charge on any atom is 0.165 e. The predicted molar refractivity (Wildman–Crippen MR) is 151 cm³/mol. The van der Waals surface area contributed by atoms with Crippen LogP contribution in [0.2, 0.25) is 0 Å². The van der Waals surface area contributed by atoms with E-state index in [-0.39, 0.29) is 25.0 Å². The van der Waals surface area contributed by atoms with E-state index in [0.29, 0.717) is 18.7 Å². The standard InChI is InChI=1S/C29H44N6O2/c1-7-12-23(8-2)25(13-10-11-16-31-36)29(18-21(6)30,28-33-27(20(4)5)34-35-28)26-15-14-22(19-32-37)17-24(26)9-3/h10,13-15,17,20-21H,7-9,11-12,16,18-19,30H2,1-6H3,(H,33,34,35)/b13-10-,25-23-/t21-,29?/m1/s1. The summed E-state index contributed by atoms with van der Waals surface area (Å²) in [5.74, 6) is 1.70. The van der Waals surface area contributed by atoms with Gasteiger partial charge in [-0.1, -0.05) is 87.3 Å². The summed E-state index contributed by atoms with van der Waals surface area (Å²) in [6.07, 6.45) is 8.90. The van der Waals surface area contributed by atoms with Crippen molar-refractivity contribution in [3.8, 4) is 0 Å². The van der Waals surface area contributed by atoms with Crippen LogP contribution in [0.3, 0.4) is 0 Å². The first kappa shape index (κ1) is 30.2. The third kappa shape index (κ3) is 7.28. The number of nitrogens with one attached hydrogen (secondary N) is 1. The lowest BCUT2D eigenvalue weighted by atomic mass is 9.65. The number of nitrogens with two attached hydrogens (primary N) is 1. The molecule has 2 atom stereocenters. The topological polar surface area (TPSA) is 126 Å². The monoisotopic (exact) mass is 508 g/mol. The largest absolute Gasteiger partial charge is 0.328 e. The van der Waals surface area contributed by atoms with Crippen molar-refractivity contribution < 1.29 is 0 Å². The molecule has 202 valence electrons. The van der Waals surface area contributed by atoms with E-state index in [9.17, 15) is 9.81 Å². The van der Waals surface area contributed by atoms with Crippen LogP contribution in [0, 0.1) is 9.81 Å². The highest BCUT2D eigenvalue weighted by atomic mass is 16.3. The van der Waals surface area contributed by atoms with Crippen LogP contribution in [-0.4, -0.2) is 27.8 Å². The lowest BCUT2D eigenvalue weighted by Gasteiger charge is -2.38. The van der Waals surface area contributed by atoms with Crippen molar-refractivity contribution in [3.63, 3.8) is 0 Å². The Labute approximate surface area is 221 Å². The van der Waals surface area contributed by atoms with Gasteiger partial charge in [-0.05, 0) is 61.3 Å². The second-order valence-electron chi connectivity index (χ2n) is 10.1. The third-order valence-electron chi connectivity index (χ3n) is 6.81. The Kier molecular flexibility index (Phi) is 12.0. The molecule has 3 N–H and O–H groups in total. The number of nitroso groups, excluding NO2 is 2. The van der Waals surface area contributed by atoms with Crippen molar-refractivity contribution in [3.05, 3.63) is 79.7 Å². The molecule has 1 aromatic heterocycles. The minimum atomic E-state index is -0.720. The van der Waals surface area contributed by atoms with Gasteiger partial charge in [0.1, 0.15) is 12.4 Å². The van der Waals surface area contributed by atoms with Gasteiger partial charge in [0, 0.05) is 12.0 Å². The average Bonchev–Trinajstić information content (AvgIpc) is 3.38. The molecule has 0 aliphatic carbocycles. The van der Waals surface area contributed by atoms with Crippen LogP contribution in [0.5, 0.6) is 0 Å². The van der Waals surface area contributed by atoms with E-state index >= 15 is 0 Å². The molecule has 0 bridgehead atoms. The van der Waals surface area contributed by atoms with Crippen molar-refractivity contribution in [2.45, 2.75) is 104 Å².